The third kappa shape index (κ3) is 4.51. The number of carbonyl (C=O) groups is 1. The zero-order valence-corrected chi connectivity index (χ0v) is 10.0. The third-order valence-corrected chi connectivity index (χ3v) is 1.86. The average Bonchev–Trinajstić information content (AvgIpc) is 2.32. The summed E-state index contributed by atoms with van der Waals surface area (Å²) in [6.07, 6.45) is 8.37. The normalized spacial score (nSPS) is 10.9. The zero-order valence-electron chi connectivity index (χ0n) is 10.0. The number of ether oxygens (including phenoxy) is 1. The molecule has 0 aliphatic heterocycles. The van der Waals surface area contributed by atoms with Crippen molar-refractivity contribution in [3.63, 3.8) is 0 Å². The highest BCUT2D eigenvalue weighted by molar-refractivity contribution is 6.00. The van der Waals surface area contributed by atoms with Crippen LogP contribution in [-0.4, -0.2) is 17.5 Å². The van der Waals surface area contributed by atoms with E-state index in [0.717, 1.165) is 0 Å². The predicted molar refractivity (Wildman–Crippen MR) is 68.0 cm³/mol. The van der Waals surface area contributed by atoms with Crippen molar-refractivity contribution in [3.05, 3.63) is 42.6 Å². The van der Waals surface area contributed by atoms with E-state index in [9.17, 15) is 4.79 Å². The van der Waals surface area contributed by atoms with Gasteiger partial charge < -0.3 is 10.1 Å². The van der Waals surface area contributed by atoms with Crippen molar-refractivity contribution < 1.29 is 9.53 Å². The molecule has 0 atom stereocenters. The molecule has 0 radical (unpaired) electrons. The molecule has 0 saturated carbocycles. The Morgan fingerprint density at radius 1 is 1.53 bits per heavy atom. The minimum Gasteiger partial charge on any atom is -0.476 e. The molecular formula is C13H16N2O2. The number of pyridine rings is 1. The monoisotopic (exact) mass is 232 g/mol. The van der Waals surface area contributed by atoms with Crippen molar-refractivity contribution in [3.8, 4) is 5.88 Å². The summed E-state index contributed by atoms with van der Waals surface area (Å²) < 4.78 is 5.30. The third-order valence-electron chi connectivity index (χ3n) is 1.86. The van der Waals surface area contributed by atoms with E-state index in [0.29, 0.717) is 18.2 Å². The van der Waals surface area contributed by atoms with Crippen LogP contribution < -0.4 is 10.1 Å². The fourth-order valence-corrected chi connectivity index (χ4v) is 1.17. The van der Waals surface area contributed by atoms with Gasteiger partial charge in [0.25, 0.3) is 0 Å². The van der Waals surface area contributed by atoms with Crippen molar-refractivity contribution >= 4 is 11.6 Å². The van der Waals surface area contributed by atoms with Crippen LogP contribution in [0.2, 0.25) is 0 Å². The standard InChI is InChI=1S/C13H16N2O2/c1-3-5-6-9-12(16)15-11-8-7-10-14-13(11)17-4-2/h3,5-10H,4H2,1-2H3,(H,15,16)/b5-3+,9-6+. The molecule has 4 nitrogen and oxygen atoms in total. The van der Waals surface area contributed by atoms with Crippen LogP contribution in [0.1, 0.15) is 13.8 Å². The molecule has 17 heavy (non-hydrogen) atoms. The second-order valence-electron chi connectivity index (χ2n) is 3.16. The van der Waals surface area contributed by atoms with Gasteiger partial charge in [0.2, 0.25) is 11.8 Å². The van der Waals surface area contributed by atoms with Gasteiger partial charge in [-0.15, -0.1) is 0 Å². The maximum absolute atomic E-state index is 11.5. The van der Waals surface area contributed by atoms with Crippen molar-refractivity contribution in [2.45, 2.75) is 13.8 Å². The zero-order chi connectivity index (χ0) is 12.5. The highest BCUT2D eigenvalue weighted by Gasteiger charge is 2.05. The number of aromatic nitrogens is 1. The number of nitrogens with zero attached hydrogens (tertiary/aromatic N) is 1. The molecule has 0 fully saturated rings. The number of nitrogens with one attached hydrogen (secondary N) is 1. The highest BCUT2D eigenvalue weighted by Crippen LogP contribution is 2.20. The fourth-order valence-electron chi connectivity index (χ4n) is 1.17. The van der Waals surface area contributed by atoms with Crippen LogP contribution in [-0.2, 0) is 4.79 Å². The van der Waals surface area contributed by atoms with Crippen LogP contribution in [0, 0.1) is 0 Å². The lowest BCUT2D eigenvalue weighted by Gasteiger charge is -2.08. The van der Waals surface area contributed by atoms with Gasteiger partial charge in [-0.25, -0.2) is 4.98 Å². The Balaban J connectivity index is 2.70. The van der Waals surface area contributed by atoms with E-state index in [1.165, 1.54) is 6.08 Å². The highest BCUT2D eigenvalue weighted by atomic mass is 16.5. The van der Waals surface area contributed by atoms with Crippen LogP contribution in [0.4, 0.5) is 5.69 Å². The van der Waals surface area contributed by atoms with Crippen molar-refractivity contribution in [1.82, 2.24) is 4.98 Å². The van der Waals surface area contributed by atoms with Crippen LogP contribution in [0.3, 0.4) is 0 Å². The Kier molecular flexibility index (Phi) is 5.51. The number of amides is 1. The van der Waals surface area contributed by atoms with E-state index in [-0.39, 0.29) is 5.91 Å². The topological polar surface area (TPSA) is 51.2 Å². The van der Waals surface area contributed by atoms with Gasteiger partial charge in [-0.1, -0.05) is 18.2 Å². The van der Waals surface area contributed by atoms with Crippen molar-refractivity contribution in [1.29, 1.82) is 0 Å². The lowest BCUT2D eigenvalue weighted by Crippen LogP contribution is -2.10. The first kappa shape index (κ1) is 13.0. The van der Waals surface area contributed by atoms with Crippen molar-refractivity contribution in [2.24, 2.45) is 0 Å². The summed E-state index contributed by atoms with van der Waals surface area (Å²) in [6, 6.07) is 3.49. The minimum absolute atomic E-state index is 0.211. The van der Waals surface area contributed by atoms with Crippen LogP contribution in [0.15, 0.2) is 42.6 Å². The maximum atomic E-state index is 11.5. The molecule has 0 saturated heterocycles. The van der Waals surface area contributed by atoms with E-state index in [2.05, 4.69) is 10.3 Å². The first-order valence-electron chi connectivity index (χ1n) is 5.46. The quantitative estimate of drug-likeness (QED) is 0.627. The smallest absolute Gasteiger partial charge is 0.248 e. The van der Waals surface area contributed by atoms with E-state index in [1.54, 1.807) is 30.5 Å². The number of hydrogen-bond donors (Lipinski definition) is 1. The molecule has 1 N–H and O–H groups in total. The van der Waals surface area contributed by atoms with Crippen LogP contribution in [0.25, 0.3) is 0 Å². The number of rotatable bonds is 5. The summed E-state index contributed by atoms with van der Waals surface area (Å²) in [5.41, 5.74) is 0.574. The molecule has 0 unspecified atom stereocenters. The van der Waals surface area contributed by atoms with Crippen LogP contribution in [0.5, 0.6) is 5.88 Å². The summed E-state index contributed by atoms with van der Waals surface area (Å²) >= 11 is 0. The molecule has 0 spiro atoms. The molecule has 0 bridgehead atoms. The number of allylic oxidation sites excluding steroid dienone is 3. The van der Waals surface area contributed by atoms with E-state index < -0.39 is 0 Å². The second-order valence-corrected chi connectivity index (χ2v) is 3.16. The molecule has 0 aliphatic rings. The van der Waals surface area contributed by atoms with E-state index in [4.69, 9.17) is 4.74 Å². The summed E-state index contributed by atoms with van der Waals surface area (Å²) in [4.78, 5) is 15.6. The number of hydrogen-bond acceptors (Lipinski definition) is 3. The van der Waals surface area contributed by atoms with Gasteiger partial charge in [0.1, 0.15) is 5.69 Å². The van der Waals surface area contributed by atoms with Crippen molar-refractivity contribution in [2.75, 3.05) is 11.9 Å². The lowest BCUT2D eigenvalue weighted by molar-refractivity contribution is -0.111. The number of carbonyl (C=O) groups excluding carboxylic acids is 1. The Bertz CT molecular complexity index is 425. The largest absolute Gasteiger partial charge is 0.476 e. The van der Waals surface area contributed by atoms with E-state index in [1.807, 2.05) is 19.9 Å². The summed E-state index contributed by atoms with van der Waals surface area (Å²) in [5.74, 6) is 0.222. The van der Waals surface area contributed by atoms with Crippen LogP contribution >= 0.6 is 0 Å². The second kappa shape index (κ2) is 7.22. The first-order chi connectivity index (χ1) is 8.27. The molecule has 0 aromatic carbocycles. The summed E-state index contributed by atoms with van der Waals surface area (Å²) in [6.45, 7) is 4.26. The minimum atomic E-state index is -0.211. The molecular weight excluding hydrogens is 216 g/mol. The average molecular weight is 232 g/mol. The van der Waals surface area contributed by atoms with Gasteiger partial charge in [0.05, 0.1) is 6.61 Å². The SMILES string of the molecule is C/C=C/C=C/C(=O)Nc1cccnc1OCC. The molecule has 1 heterocycles. The molecule has 1 aromatic rings. The first-order valence-corrected chi connectivity index (χ1v) is 5.46. The molecule has 1 amide bonds. The van der Waals surface area contributed by atoms with Gasteiger partial charge in [-0.2, -0.15) is 0 Å². The van der Waals surface area contributed by atoms with Gasteiger partial charge in [0, 0.05) is 12.3 Å². The Labute approximate surface area is 101 Å². The van der Waals surface area contributed by atoms with E-state index >= 15 is 0 Å². The molecule has 0 aliphatic carbocycles. The Morgan fingerprint density at radius 3 is 3.06 bits per heavy atom. The predicted octanol–water partition coefficient (Wildman–Crippen LogP) is 2.55. The molecule has 1 aromatic heterocycles. The number of anilines is 1. The Hall–Kier alpha value is -2.10. The summed E-state index contributed by atoms with van der Waals surface area (Å²) in [7, 11) is 0. The molecule has 4 heteroatoms. The lowest BCUT2D eigenvalue weighted by atomic mass is 10.3. The molecule has 1 rings (SSSR count). The Morgan fingerprint density at radius 2 is 2.35 bits per heavy atom. The summed E-state index contributed by atoms with van der Waals surface area (Å²) in [5, 5.41) is 2.71. The van der Waals surface area contributed by atoms with Gasteiger partial charge in [-0.05, 0) is 26.0 Å². The maximum Gasteiger partial charge on any atom is 0.248 e. The molecule has 90 valence electrons. The fraction of sp³-hybridized carbons (Fsp3) is 0.231. The van der Waals surface area contributed by atoms with Gasteiger partial charge in [0.15, 0.2) is 0 Å². The van der Waals surface area contributed by atoms with Gasteiger partial charge >= 0.3 is 0 Å². The van der Waals surface area contributed by atoms with Gasteiger partial charge in [-0.3, -0.25) is 4.79 Å².